The van der Waals surface area contributed by atoms with Gasteiger partial charge < -0.3 is 5.32 Å². The number of fused-ring (bicyclic) bond motifs is 3. The first kappa shape index (κ1) is 7.80. The minimum Gasteiger partial charge on any atom is -0.383 e. The van der Waals surface area contributed by atoms with Crippen LogP contribution in [0.15, 0.2) is 30.5 Å². The fraction of sp³-hybridized carbons (Fsp3) is 0.250. The van der Waals surface area contributed by atoms with Gasteiger partial charge in [-0.2, -0.15) is 0 Å². The average molecular weight is 184 g/mol. The normalized spacial score (nSPS) is 14.9. The van der Waals surface area contributed by atoms with Crippen LogP contribution < -0.4 is 5.32 Å². The van der Waals surface area contributed by atoms with E-state index in [9.17, 15) is 0 Å². The maximum Gasteiger partial charge on any atom is 0.0641 e. The first-order valence-electron chi connectivity index (χ1n) is 5.05. The molecular formula is C12H12N2. The number of hydrogen-bond donors (Lipinski definition) is 1. The molecule has 0 atom stereocenters. The molecule has 0 aliphatic carbocycles. The molecule has 0 fully saturated rings. The van der Waals surface area contributed by atoms with E-state index in [1.54, 1.807) is 0 Å². The number of benzene rings is 1. The van der Waals surface area contributed by atoms with Gasteiger partial charge in [0, 0.05) is 23.5 Å². The summed E-state index contributed by atoms with van der Waals surface area (Å²) in [4.78, 5) is 4.48. The minimum atomic E-state index is 1.07. The van der Waals surface area contributed by atoms with Gasteiger partial charge in [0.25, 0.3) is 0 Å². The summed E-state index contributed by atoms with van der Waals surface area (Å²) in [6, 6.07) is 8.41. The zero-order valence-corrected chi connectivity index (χ0v) is 7.96. The highest BCUT2D eigenvalue weighted by atomic mass is 14.9. The smallest absolute Gasteiger partial charge is 0.0641 e. The molecule has 2 nitrogen and oxygen atoms in total. The fourth-order valence-electron chi connectivity index (χ4n) is 2.06. The van der Waals surface area contributed by atoms with E-state index in [4.69, 9.17) is 0 Å². The molecule has 1 aliphatic heterocycles. The fourth-order valence-corrected chi connectivity index (χ4v) is 2.06. The summed E-state index contributed by atoms with van der Waals surface area (Å²) in [7, 11) is 0. The summed E-state index contributed by atoms with van der Waals surface area (Å²) < 4.78 is 0. The number of aryl methyl sites for hydroxylation is 1. The molecule has 0 spiro atoms. The molecule has 14 heavy (non-hydrogen) atoms. The number of anilines is 1. The Morgan fingerprint density at radius 2 is 2.14 bits per heavy atom. The lowest BCUT2D eigenvalue weighted by Crippen LogP contribution is -2.13. The van der Waals surface area contributed by atoms with Gasteiger partial charge in [-0.15, -0.1) is 0 Å². The second-order valence-electron chi connectivity index (χ2n) is 3.70. The van der Waals surface area contributed by atoms with Crippen LogP contribution in [0, 0.1) is 0 Å². The van der Waals surface area contributed by atoms with Crippen molar-refractivity contribution in [3.63, 3.8) is 0 Å². The largest absolute Gasteiger partial charge is 0.383 e. The summed E-state index contributed by atoms with van der Waals surface area (Å²) >= 11 is 0. The second kappa shape index (κ2) is 2.98. The van der Waals surface area contributed by atoms with Crippen LogP contribution in [0.3, 0.4) is 0 Å². The van der Waals surface area contributed by atoms with Crippen molar-refractivity contribution in [1.82, 2.24) is 4.98 Å². The van der Waals surface area contributed by atoms with Crippen LogP contribution in [0.2, 0.25) is 0 Å². The standard InChI is InChI=1S/C12H12N2/c1-2-5-10-9(4-1)8-14-11-6-3-7-13-12(10)11/h1-2,4-5,8,13H,3,6-7H2. The lowest BCUT2D eigenvalue weighted by molar-refractivity contribution is 0.806. The van der Waals surface area contributed by atoms with Crippen LogP contribution >= 0.6 is 0 Å². The lowest BCUT2D eigenvalue weighted by Gasteiger charge is -2.18. The summed E-state index contributed by atoms with van der Waals surface area (Å²) in [5.41, 5.74) is 2.46. The third-order valence-corrected chi connectivity index (χ3v) is 2.77. The molecule has 0 bridgehead atoms. The highest BCUT2D eigenvalue weighted by molar-refractivity contribution is 5.94. The lowest BCUT2D eigenvalue weighted by atomic mass is 10.0. The van der Waals surface area contributed by atoms with Crippen LogP contribution in [-0.2, 0) is 6.42 Å². The topological polar surface area (TPSA) is 24.9 Å². The van der Waals surface area contributed by atoms with Gasteiger partial charge in [0.1, 0.15) is 0 Å². The molecule has 1 N–H and O–H groups in total. The van der Waals surface area contributed by atoms with Crippen molar-refractivity contribution in [3.05, 3.63) is 36.2 Å². The van der Waals surface area contributed by atoms with Crippen LogP contribution in [0.5, 0.6) is 0 Å². The predicted molar refractivity (Wildman–Crippen MR) is 58.6 cm³/mol. The van der Waals surface area contributed by atoms with Crippen molar-refractivity contribution in [2.75, 3.05) is 11.9 Å². The number of hydrogen-bond acceptors (Lipinski definition) is 2. The average Bonchev–Trinajstić information content (AvgIpc) is 2.29. The Morgan fingerprint density at radius 1 is 1.21 bits per heavy atom. The molecule has 70 valence electrons. The van der Waals surface area contributed by atoms with Gasteiger partial charge in [-0.3, -0.25) is 4.98 Å². The number of rotatable bonds is 0. The number of nitrogens with zero attached hydrogens (tertiary/aromatic N) is 1. The van der Waals surface area contributed by atoms with Crippen LogP contribution in [-0.4, -0.2) is 11.5 Å². The van der Waals surface area contributed by atoms with Crippen molar-refractivity contribution in [2.24, 2.45) is 0 Å². The Labute approximate surface area is 83.0 Å². The molecule has 1 aromatic heterocycles. The minimum absolute atomic E-state index is 1.07. The van der Waals surface area contributed by atoms with Gasteiger partial charge in [-0.25, -0.2) is 0 Å². The molecule has 0 saturated heterocycles. The van der Waals surface area contributed by atoms with Crippen LogP contribution in [0.1, 0.15) is 12.1 Å². The van der Waals surface area contributed by atoms with Crippen LogP contribution in [0.25, 0.3) is 10.8 Å². The van der Waals surface area contributed by atoms with Crippen molar-refractivity contribution >= 4 is 16.5 Å². The van der Waals surface area contributed by atoms with E-state index in [1.165, 1.54) is 28.6 Å². The van der Waals surface area contributed by atoms with Gasteiger partial charge in [0.15, 0.2) is 0 Å². The van der Waals surface area contributed by atoms with Crippen molar-refractivity contribution in [3.8, 4) is 0 Å². The molecule has 1 aromatic carbocycles. The van der Waals surface area contributed by atoms with E-state index in [0.717, 1.165) is 13.0 Å². The molecule has 0 unspecified atom stereocenters. The van der Waals surface area contributed by atoms with E-state index in [-0.39, 0.29) is 0 Å². The maximum absolute atomic E-state index is 4.48. The molecule has 2 aromatic rings. The Morgan fingerprint density at radius 3 is 3.14 bits per heavy atom. The molecule has 0 radical (unpaired) electrons. The van der Waals surface area contributed by atoms with E-state index >= 15 is 0 Å². The monoisotopic (exact) mass is 184 g/mol. The van der Waals surface area contributed by atoms with E-state index < -0.39 is 0 Å². The third kappa shape index (κ3) is 1.07. The molecular weight excluding hydrogens is 172 g/mol. The van der Waals surface area contributed by atoms with Crippen LogP contribution in [0.4, 0.5) is 5.69 Å². The number of nitrogens with one attached hydrogen (secondary N) is 1. The molecule has 2 heteroatoms. The summed E-state index contributed by atoms with van der Waals surface area (Å²) in [6.07, 6.45) is 4.27. The van der Waals surface area contributed by atoms with Gasteiger partial charge in [-0.05, 0) is 12.8 Å². The molecule has 3 rings (SSSR count). The first-order valence-corrected chi connectivity index (χ1v) is 5.05. The Bertz CT molecular complexity index is 477. The molecule has 0 amide bonds. The first-order chi connectivity index (χ1) is 6.95. The van der Waals surface area contributed by atoms with Crippen molar-refractivity contribution in [2.45, 2.75) is 12.8 Å². The second-order valence-corrected chi connectivity index (χ2v) is 3.70. The molecule has 1 aliphatic rings. The Kier molecular flexibility index (Phi) is 1.66. The Hall–Kier alpha value is -1.57. The summed E-state index contributed by atoms with van der Waals surface area (Å²) in [5, 5.41) is 5.97. The van der Waals surface area contributed by atoms with E-state index in [1.807, 2.05) is 6.20 Å². The van der Waals surface area contributed by atoms with Crippen molar-refractivity contribution < 1.29 is 0 Å². The number of pyridine rings is 1. The zero-order chi connectivity index (χ0) is 9.38. The quantitative estimate of drug-likeness (QED) is 0.680. The molecule has 2 heterocycles. The maximum atomic E-state index is 4.48. The molecule has 0 saturated carbocycles. The number of aromatic nitrogens is 1. The van der Waals surface area contributed by atoms with Gasteiger partial charge in [0.05, 0.1) is 11.4 Å². The SMILES string of the molecule is c1ccc2c3c(ncc2c1)CCCN3. The third-order valence-electron chi connectivity index (χ3n) is 2.77. The van der Waals surface area contributed by atoms with Gasteiger partial charge >= 0.3 is 0 Å². The highest BCUT2D eigenvalue weighted by Crippen LogP contribution is 2.28. The highest BCUT2D eigenvalue weighted by Gasteiger charge is 2.11. The van der Waals surface area contributed by atoms with Gasteiger partial charge in [0.2, 0.25) is 0 Å². The van der Waals surface area contributed by atoms with E-state index in [0.29, 0.717) is 0 Å². The Balaban J connectivity index is 2.34. The zero-order valence-electron chi connectivity index (χ0n) is 7.96. The summed E-state index contributed by atoms with van der Waals surface area (Å²) in [5.74, 6) is 0. The van der Waals surface area contributed by atoms with Gasteiger partial charge in [-0.1, -0.05) is 24.3 Å². The van der Waals surface area contributed by atoms with Crippen molar-refractivity contribution in [1.29, 1.82) is 0 Å². The predicted octanol–water partition coefficient (Wildman–Crippen LogP) is 2.59. The van der Waals surface area contributed by atoms with E-state index in [2.05, 4.69) is 34.6 Å². The summed E-state index contributed by atoms with van der Waals surface area (Å²) in [6.45, 7) is 1.07.